The van der Waals surface area contributed by atoms with Crippen LogP contribution >= 0.6 is 46.4 Å². The van der Waals surface area contributed by atoms with E-state index in [1.807, 2.05) is 36.4 Å². The van der Waals surface area contributed by atoms with Crippen molar-refractivity contribution in [2.45, 2.75) is 44.9 Å². The molecule has 3 aromatic rings. The molecule has 4 bridgehead atoms. The molecule has 1 heterocycles. The maximum absolute atomic E-state index is 12.9. The maximum atomic E-state index is 12.9. The zero-order chi connectivity index (χ0) is 23.4. The number of carbonyl (C=O) groups is 1. The normalized spacial score (nSPS) is 27.2. The van der Waals surface area contributed by atoms with Crippen molar-refractivity contribution in [3.05, 3.63) is 45.0 Å². The topological polar surface area (TPSA) is 67.2 Å². The molecule has 0 spiro atoms. The molecule has 2 aromatic carbocycles. The smallest absolute Gasteiger partial charge is 0.228 e. The molecule has 1 aromatic heterocycles. The third-order valence-corrected chi connectivity index (χ3v) is 8.96. The van der Waals surface area contributed by atoms with E-state index >= 15 is 0 Å². The predicted octanol–water partition coefficient (Wildman–Crippen LogP) is 7.17. The number of carbonyl (C=O) groups excluding carboxylic acids is 1. The zero-order valence-corrected chi connectivity index (χ0v) is 22.3. The molecular weight excluding hydrogens is 581 g/mol. The fourth-order valence-electron chi connectivity index (χ4n) is 6.96. The molecule has 4 fully saturated rings. The summed E-state index contributed by atoms with van der Waals surface area (Å²) in [5.74, 6) is 2.99. The first-order valence-electron chi connectivity index (χ1n) is 11.8. The lowest BCUT2D eigenvalue weighted by molar-refractivity contribution is -0.127. The van der Waals surface area contributed by atoms with Gasteiger partial charge in [-0.3, -0.25) is 4.79 Å². The van der Waals surface area contributed by atoms with Crippen molar-refractivity contribution in [1.29, 1.82) is 0 Å². The molecule has 8 heteroatoms. The lowest BCUT2D eigenvalue weighted by Gasteiger charge is -2.56. The van der Waals surface area contributed by atoms with Crippen LogP contribution in [0.2, 0.25) is 5.02 Å². The summed E-state index contributed by atoms with van der Waals surface area (Å²) in [4.78, 5) is 17.5. The predicted molar refractivity (Wildman–Crippen MR) is 147 cm³/mol. The summed E-state index contributed by atoms with van der Waals surface area (Å²) >= 11 is 14.0. The van der Waals surface area contributed by atoms with Gasteiger partial charge in [0, 0.05) is 15.7 Å². The molecule has 7 rings (SSSR count). The van der Waals surface area contributed by atoms with Crippen LogP contribution in [0.3, 0.4) is 0 Å². The first-order chi connectivity index (χ1) is 16.3. The first kappa shape index (κ1) is 22.7. The highest BCUT2D eigenvalue weighted by Crippen LogP contribution is 2.61. The second-order valence-corrected chi connectivity index (χ2v) is 12.5. The Morgan fingerprint density at radius 3 is 2.53 bits per heavy atom. The first-order valence-corrected chi connectivity index (χ1v) is 13.7. The third kappa shape index (κ3) is 4.46. The molecule has 1 amide bonds. The van der Waals surface area contributed by atoms with Crippen molar-refractivity contribution in [2.75, 3.05) is 5.32 Å². The number of nitrogens with zero attached hydrogens (tertiary/aromatic N) is 1. The number of thiocarbonyl (C=S) groups is 1. The van der Waals surface area contributed by atoms with E-state index in [1.165, 1.54) is 38.5 Å². The summed E-state index contributed by atoms with van der Waals surface area (Å²) in [6.45, 7) is 0. The van der Waals surface area contributed by atoms with Crippen molar-refractivity contribution in [1.82, 2.24) is 10.3 Å². The largest absolute Gasteiger partial charge is 0.436 e. The molecular formula is C26H25ClIN3O2S. The van der Waals surface area contributed by atoms with Gasteiger partial charge in [0.2, 0.25) is 11.8 Å². The number of amides is 1. The van der Waals surface area contributed by atoms with Crippen LogP contribution in [-0.4, -0.2) is 16.0 Å². The van der Waals surface area contributed by atoms with Crippen LogP contribution in [0.15, 0.2) is 40.8 Å². The summed E-state index contributed by atoms with van der Waals surface area (Å²) in [7, 11) is 0. The number of rotatable bonds is 4. The van der Waals surface area contributed by atoms with Gasteiger partial charge in [0.1, 0.15) is 5.52 Å². The second kappa shape index (κ2) is 8.75. The Balaban J connectivity index is 1.12. The Kier molecular flexibility index (Phi) is 5.85. The van der Waals surface area contributed by atoms with Crippen molar-refractivity contribution in [3.63, 3.8) is 0 Å². The summed E-state index contributed by atoms with van der Waals surface area (Å²) in [6, 6.07) is 11.3. The highest BCUT2D eigenvalue weighted by Gasteiger charge is 2.51. The Morgan fingerprint density at radius 2 is 1.82 bits per heavy atom. The summed E-state index contributed by atoms with van der Waals surface area (Å²) in [5.41, 5.74) is 3.05. The van der Waals surface area contributed by atoms with Gasteiger partial charge in [-0.25, -0.2) is 4.98 Å². The summed E-state index contributed by atoms with van der Waals surface area (Å²) < 4.78 is 6.97. The molecule has 34 heavy (non-hydrogen) atoms. The van der Waals surface area contributed by atoms with Crippen molar-refractivity contribution in [2.24, 2.45) is 23.2 Å². The molecule has 0 aliphatic heterocycles. The number of oxazole rings is 1. The number of hydrogen-bond acceptors (Lipinski definition) is 4. The van der Waals surface area contributed by atoms with E-state index in [9.17, 15) is 4.79 Å². The van der Waals surface area contributed by atoms with Gasteiger partial charge in [-0.15, -0.1) is 0 Å². The Morgan fingerprint density at radius 1 is 1.12 bits per heavy atom. The molecule has 4 aliphatic carbocycles. The average Bonchev–Trinajstić information content (AvgIpc) is 3.17. The minimum atomic E-state index is 0.0255. The quantitative estimate of drug-likeness (QED) is 0.244. The van der Waals surface area contributed by atoms with Gasteiger partial charge in [-0.05, 0) is 133 Å². The number of benzene rings is 2. The van der Waals surface area contributed by atoms with Crippen LogP contribution in [-0.2, 0) is 4.79 Å². The van der Waals surface area contributed by atoms with Gasteiger partial charge < -0.3 is 15.1 Å². The SMILES string of the molecule is O=C(CC12CC3CC(CC(C3)C1)C2)NC(=S)Nc1ccc2oc(-c3cc(I)ccc3Cl)nc2c1. The second-order valence-electron chi connectivity index (χ2n) is 10.4. The van der Waals surface area contributed by atoms with E-state index < -0.39 is 0 Å². The van der Waals surface area contributed by atoms with Crippen molar-refractivity contribution >= 4 is 74.2 Å². The molecule has 0 atom stereocenters. The monoisotopic (exact) mass is 605 g/mol. The standard InChI is InChI=1S/C26H25ClIN3O2S/c27-20-3-1-17(28)8-19(20)24-30-21-9-18(2-4-22(21)33-24)29-25(34)31-23(32)13-26-10-14-5-15(11-26)7-16(6-14)12-26/h1-4,8-9,14-16H,5-7,10-13H2,(H2,29,31,32,34). The lowest BCUT2D eigenvalue weighted by atomic mass is 9.49. The molecule has 5 nitrogen and oxygen atoms in total. The highest BCUT2D eigenvalue weighted by atomic mass is 127. The van der Waals surface area contributed by atoms with E-state index in [0.717, 1.165) is 32.6 Å². The molecule has 0 unspecified atom stereocenters. The Bertz CT molecular complexity index is 1270. The van der Waals surface area contributed by atoms with Crippen LogP contribution in [0.4, 0.5) is 5.69 Å². The Hall–Kier alpha value is -1.71. The molecule has 0 saturated heterocycles. The van der Waals surface area contributed by atoms with Crippen LogP contribution in [0.5, 0.6) is 0 Å². The lowest BCUT2D eigenvalue weighted by Crippen LogP contribution is -2.48. The highest BCUT2D eigenvalue weighted by molar-refractivity contribution is 14.1. The van der Waals surface area contributed by atoms with E-state index in [1.54, 1.807) is 0 Å². The van der Waals surface area contributed by atoms with Crippen LogP contribution in [0.25, 0.3) is 22.6 Å². The number of nitrogens with one attached hydrogen (secondary N) is 2. The van der Waals surface area contributed by atoms with E-state index in [0.29, 0.717) is 33.5 Å². The molecule has 0 radical (unpaired) electrons. The number of aromatic nitrogens is 1. The van der Waals surface area contributed by atoms with Gasteiger partial charge in [-0.2, -0.15) is 0 Å². The van der Waals surface area contributed by atoms with E-state index in [2.05, 4.69) is 38.2 Å². The number of hydrogen-bond donors (Lipinski definition) is 2. The van der Waals surface area contributed by atoms with Crippen molar-refractivity contribution in [3.8, 4) is 11.5 Å². The van der Waals surface area contributed by atoms with Gasteiger partial charge in [0.25, 0.3) is 0 Å². The van der Waals surface area contributed by atoms with Gasteiger partial charge in [0.15, 0.2) is 10.7 Å². The fraction of sp³-hybridized carbons (Fsp3) is 0.423. The molecule has 2 N–H and O–H groups in total. The molecule has 4 saturated carbocycles. The minimum Gasteiger partial charge on any atom is -0.436 e. The van der Waals surface area contributed by atoms with Gasteiger partial charge in [0.05, 0.1) is 10.6 Å². The average molecular weight is 606 g/mol. The van der Waals surface area contributed by atoms with Crippen molar-refractivity contribution < 1.29 is 9.21 Å². The van der Waals surface area contributed by atoms with E-state index in [-0.39, 0.29) is 11.3 Å². The van der Waals surface area contributed by atoms with Gasteiger partial charge >= 0.3 is 0 Å². The minimum absolute atomic E-state index is 0.0255. The fourth-order valence-corrected chi connectivity index (χ4v) is 7.88. The van der Waals surface area contributed by atoms with E-state index in [4.69, 9.17) is 28.2 Å². The maximum Gasteiger partial charge on any atom is 0.228 e. The van der Waals surface area contributed by atoms with Crippen LogP contribution < -0.4 is 10.6 Å². The van der Waals surface area contributed by atoms with Crippen LogP contribution in [0, 0.1) is 26.7 Å². The van der Waals surface area contributed by atoms with Crippen LogP contribution in [0.1, 0.15) is 44.9 Å². The molecule has 4 aliphatic rings. The number of anilines is 1. The summed E-state index contributed by atoms with van der Waals surface area (Å²) in [5, 5.41) is 6.96. The number of halogens is 2. The Labute approximate surface area is 222 Å². The third-order valence-electron chi connectivity index (χ3n) is 7.76. The summed E-state index contributed by atoms with van der Waals surface area (Å²) in [6.07, 6.45) is 8.35. The van der Waals surface area contributed by atoms with Gasteiger partial charge in [-0.1, -0.05) is 11.6 Å². The number of fused-ring (bicyclic) bond motifs is 1. The zero-order valence-electron chi connectivity index (χ0n) is 18.6. The molecule has 176 valence electrons.